The van der Waals surface area contributed by atoms with E-state index in [1.165, 1.54) is 23.9 Å². The number of carbonyl (C=O) groups is 1. The van der Waals surface area contributed by atoms with Crippen molar-refractivity contribution in [1.82, 2.24) is 14.8 Å². The van der Waals surface area contributed by atoms with Crippen LogP contribution in [0.25, 0.3) is 5.69 Å². The molecule has 1 heterocycles. The second-order valence-corrected chi connectivity index (χ2v) is 7.01. The first kappa shape index (κ1) is 19.9. The number of alkyl halides is 3. The normalized spacial score (nSPS) is 11.5. The standard InChI is InChI=1S/C19H17F3N4OS/c1-12-5-3-4-6-16(12)26-13(2)24-25-18(26)28-11-17(27)23-15-9-7-14(8-10-15)19(20,21)22/h3-10H,11H2,1-2H3,(H,23,27). The molecular formula is C19H17F3N4OS. The lowest BCUT2D eigenvalue weighted by molar-refractivity contribution is -0.137. The molecule has 0 saturated carbocycles. The quantitative estimate of drug-likeness (QED) is 0.628. The monoisotopic (exact) mass is 406 g/mol. The topological polar surface area (TPSA) is 59.8 Å². The second kappa shape index (κ2) is 8.05. The van der Waals surface area contributed by atoms with Gasteiger partial charge in [0.1, 0.15) is 5.82 Å². The summed E-state index contributed by atoms with van der Waals surface area (Å²) in [6, 6.07) is 12.1. The molecule has 146 valence electrons. The smallest absolute Gasteiger partial charge is 0.325 e. The fourth-order valence-electron chi connectivity index (χ4n) is 2.60. The molecule has 1 aromatic heterocycles. The van der Waals surface area contributed by atoms with Gasteiger partial charge in [0.25, 0.3) is 0 Å². The molecule has 9 heteroatoms. The Hall–Kier alpha value is -2.81. The molecule has 5 nitrogen and oxygen atoms in total. The number of rotatable bonds is 5. The van der Waals surface area contributed by atoms with Gasteiger partial charge in [-0.2, -0.15) is 13.2 Å². The van der Waals surface area contributed by atoms with Gasteiger partial charge in [0.05, 0.1) is 17.0 Å². The molecule has 0 bridgehead atoms. The van der Waals surface area contributed by atoms with E-state index in [0.717, 1.165) is 23.4 Å². The summed E-state index contributed by atoms with van der Waals surface area (Å²) in [7, 11) is 0. The molecule has 3 rings (SSSR count). The van der Waals surface area contributed by atoms with Crippen LogP contribution < -0.4 is 5.32 Å². The number of nitrogens with one attached hydrogen (secondary N) is 1. The molecule has 0 unspecified atom stereocenters. The van der Waals surface area contributed by atoms with E-state index in [-0.39, 0.29) is 11.7 Å². The van der Waals surface area contributed by atoms with E-state index in [0.29, 0.717) is 16.7 Å². The highest BCUT2D eigenvalue weighted by Crippen LogP contribution is 2.30. The Morgan fingerprint density at radius 2 is 1.75 bits per heavy atom. The summed E-state index contributed by atoms with van der Waals surface area (Å²) in [5.41, 5.74) is 1.51. The van der Waals surface area contributed by atoms with Crippen molar-refractivity contribution >= 4 is 23.4 Å². The molecule has 28 heavy (non-hydrogen) atoms. The van der Waals surface area contributed by atoms with Gasteiger partial charge in [-0.1, -0.05) is 30.0 Å². The van der Waals surface area contributed by atoms with Crippen LogP contribution in [-0.2, 0) is 11.0 Å². The molecule has 0 fully saturated rings. The maximum atomic E-state index is 12.6. The molecule has 0 spiro atoms. The Kier molecular flexibility index (Phi) is 5.73. The molecule has 0 aliphatic heterocycles. The highest BCUT2D eigenvalue weighted by atomic mass is 32.2. The predicted octanol–water partition coefficient (Wildman–Crippen LogP) is 4.63. The van der Waals surface area contributed by atoms with Crippen molar-refractivity contribution in [2.45, 2.75) is 25.2 Å². The fourth-order valence-corrected chi connectivity index (χ4v) is 3.39. The molecule has 0 atom stereocenters. The molecule has 2 aromatic carbocycles. The highest BCUT2D eigenvalue weighted by Gasteiger charge is 2.30. The zero-order chi connectivity index (χ0) is 20.3. The van der Waals surface area contributed by atoms with Gasteiger partial charge in [-0.15, -0.1) is 10.2 Å². The third-order valence-electron chi connectivity index (χ3n) is 3.98. The molecule has 0 saturated heterocycles. The van der Waals surface area contributed by atoms with Gasteiger partial charge in [0.2, 0.25) is 5.91 Å². The predicted molar refractivity (Wildman–Crippen MR) is 102 cm³/mol. The van der Waals surface area contributed by atoms with Crippen LogP contribution in [0, 0.1) is 13.8 Å². The van der Waals surface area contributed by atoms with Gasteiger partial charge < -0.3 is 5.32 Å². The van der Waals surface area contributed by atoms with Crippen molar-refractivity contribution in [2.24, 2.45) is 0 Å². The van der Waals surface area contributed by atoms with Gasteiger partial charge in [0, 0.05) is 5.69 Å². The number of hydrogen-bond acceptors (Lipinski definition) is 4. The molecular weight excluding hydrogens is 389 g/mol. The number of amides is 1. The largest absolute Gasteiger partial charge is 0.416 e. The number of thioether (sulfide) groups is 1. The van der Waals surface area contributed by atoms with E-state index >= 15 is 0 Å². The van der Waals surface area contributed by atoms with E-state index in [4.69, 9.17) is 0 Å². The van der Waals surface area contributed by atoms with Crippen LogP contribution in [0.4, 0.5) is 18.9 Å². The maximum Gasteiger partial charge on any atom is 0.416 e. The number of para-hydroxylation sites is 1. The third-order valence-corrected chi connectivity index (χ3v) is 4.91. The molecule has 0 aliphatic carbocycles. The maximum absolute atomic E-state index is 12.6. The van der Waals surface area contributed by atoms with Crippen molar-refractivity contribution < 1.29 is 18.0 Å². The van der Waals surface area contributed by atoms with Crippen molar-refractivity contribution in [1.29, 1.82) is 0 Å². The molecule has 3 aromatic rings. The SMILES string of the molecule is Cc1ccccc1-n1c(C)nnc1SCC(=O)Nc1ccc(C(F)(F)F)cc1. The van der Waals surface area contributed by atoms with E-state index < -0.39 is 11.7 Å². The number of aryl methyl sites for hydroxylation is 2. The summed E-state index contributed by atoms with van der Waals surface area (Å²) in [6.45, 7) is 3.80. The van der Waals surface area contributed by atoms with Crippen LogP contribution in [0.3, 0.4) is 0 Å². The molecule has 0 aliphatic rings. The van der Waals surface area contributed by atoms with Gasteiger partial charge >= 0.3 is 6.18 Å². The lowest BCUT2D eigenvalue weighted by Crippen LogP contribution is -2.15. The number of benzene rings is 2. The minimum atomic E-state index is -4.41. The molecule has 1 N–H and O–H groups in total. The number of carbonyl (C=O) groups excluding carboxylic acids is 1. The Morgan fingerprint density at radius 1 is 1.07 bits per heavy atom. The van der Waals surface area contributed by atoms with Crippen LogP contribution in [0.5, 0.6) is 0 Å². The first-order chi connectivity index (χ1) is 13.3. The summed E-state index contributed by atoms with van der Waals surface area (Å²) in [5, 5.41) is 11.4. The van der Waals surface area contributed by atoms with E-state index in [1.54, 1.807) is 0 Å². The Labute approximate surface area is 164 Å². The second-order valence-electron chi connectivity index (χ2n) is 6.06. The summed E-state index contributed by atoms with van der Waals surface area (Å²) in [4.78, 5) is 12.2. The van der Waals surface area contributed by atoms with Gasteiger partial charge in [-0.3, -0.25) is 9.36 Å². The van der Waals surface area contributed by atoms with Crippen LogP contribution >= 0.6 is 11.8 Å². The zero-order valence-electron chi connectivity index (χ0n) is 15.1. The average molecular weight is 406 g/mol. The van der Waals surface area contributed by atoms with Crippen LogP contribution in [0.2, 0.25) is 0 Å². The highest BCUT2D eigenvalue weighted by molar-refractivity contribution is 7.99. The van der Waals surface area contributed by atoms with E-state index in [2.05, 4.69) is 15.5 Å². The minimum absolute atomic E-state index is 0.0467. The van der Waals surface area contributed by atoms with E-state index in [1.807, 2.05) is 42.7 Å². The number of anilines is 1. The third kappa shape index (κ3) is 4.53. The van der Waals surface area contributed by atoms with Crippen LogP contribution in [0.15, 0.2) is 53.7 Å². The minimum Gasteiger partial charge on any atom is -0.325 e. The van der Waals surface area contributed by atoms with Gasteiger partial charge in [-0.25, -0.2) is 0 Å². The van der Waals surface area contributed by atoms with Crippen molar-refractivity contribution in [2.75, 3.05) is 11.1 Å². The Morgan fingerprint density at radius 3 is 2.39 bits per heavy atom. The lowest BCUT2D eigenvalue weighted by atomic mass is 10.2. The Balaban J connectivity index is 1.67. The number of nitrogens with zero attached hydrogens (tertiary/aromatic N) is 3. The summed E-state index contributed by atoms with van der Waals surface area (Å²) >= 11 is 1.20. The lowest BCUT2D eigenvalue weighted by Gasteiger charge is -2.11. The van der Waals surface area contributed by atoms with Gasteiger partial charge in [0.15, 0.2) is 5.16 Å². The van der Waals surface area contributed by atoms with Crippen molar-refractivity contribution in [3.63, 3.8) is 0 Å². The van der Waals surface area contributed by atoms with Crippen LogP contribution in [0.1, 0.15) is 17.0 Å². The average Bonchev–Trinajstić information content (AvgIpc) is 3.00. The first-order valence-electron chi connectivity index (χ1n) is 8.33. The Bertz CT molecular complexity index is 984. The number of hydrogen-bond donors (Lipinski definition) is 1. The first-order valence-corrected chi connectivity index (χ1v) is 9.32. The molecule has 0 radical (unpaired) electrons. The van der Waals surface area contributed by atoms with Crippen molar-refractivity contribution in [3.8, 4) is 5.69 Å². The molecule has 1 amide bonds. The summed E-state index contributed by atoms with van der Waals surface area (Å²) in [6.07, 6.45) is -4.41. The van der Waals surface area contributed by atoms with E-state index in [9.17, 15) is 18.0 Å². The summed E-state index contributed by atoms with van der Waals surface area (Å²) < 4.78 is 39.6. The van der Waals surface area contributed by atoms with Gasteiger partial charge in [-0.05, 0) is 49.7 Å². The summed E-state index contributed by atoms with van der Waals surface area (Å²) in [5.74, 6) is 0.395. The van der Waals surface area contributed by atoms with Crippen LogP contribution in [-0.4, -0.2) is 26.4 Å². The fraction of sp³-hybridized carbons (Fsp3) is 0.211. The number of aromatic nitrogens is 3. The van der Waals surface area contributed by atoms with Crippen molar-refractivity contribution in [3.05, 3.63) is 65.5 Å². The zero-order valence-corrected chi connectivity index (χ0v) is 15.9. The number of halogens is 3.